The molecule has 0 saturated carbocycles. The van der Waals surface area contributed by atoms with Gasteiger partial charge in [-0.05, 0) is 15.9 Å². The maximum Gasteiger partial charge on any atom is 0.303 e. The van der Waals surface area contributed by atoms with Crippen LogP contribution in [0, 0.1) is 0 Å². The third-order valence-corrected chi connectivity index (χ3v) is 0.932. The first-order chi connectivity index (χ1) is 3.63. The van der Waals surface area contributed by atoms with E-state index in [0.717, 1.165) is 0 Å². The highest BCUT2D eigenvalue weighted by Gasteiger charge is 1.99. The normalized spacial score (nSPS) is 8.62. The van der Waals surface area contributed by atoms with Crippen molar-refractivity contribution in [2.75, 3.05) is 0 Å². The molecule has 0 aliphatic rings. The average molecular weight is 181 g/mol. The second-order valence-corrected chi connectivity index (χ2v) is 2.13. The first-order valence-electron chi connectivity index (χ1n) is 2.03. The van der Waals surface area contributed by atoms with Crippen LogP contribution in [-0.2, 0) is 9.59 Å². The number of carbonyl (C=O) groups is 2. The summed E-state index contributed by atoms with van der Waals surface area (Å²) in [4.78, 5) is 19.7. The van der Waals surface area contributed by atoms with Crippen LogP contribution >= 0.6 is 15.9 Å². The number of rotatable bonds is 3. The Morgan fingerprint density at radius 1 is 1.38 bits per heavy atom. The lowest BCUT2D eigenvalue weighted by atomic mass is 10.3. The molecule has 0 radical (unpaired) electrons. The molecule has 1 N–H and O–H groups in total. The van der Waals surface area contributed by atoms with Crippen LogP contribution in [0.5, 0.6) is 0 Å². The zero-order chi connectivity index (χ0) is 6.57. The van der Waals surface area contributed by atoms with E-state index < -0.39 is 5.97 Å². The maximum absolute atomic E-state index is 10.0. The van der Waals surface area contributed by atoms with Crippen molar-refractivity contribution in [2.45, 2.75) is 12.8 Å². The third kappa shape index (κ3) is 5.62. The predicted molar refractivity (Wildman–Crippen MR) is 30.8 cm³/mol. The van der Waals surface area contributed by atoms with Crippen LogP contribution in [0.4, 0.5) is 0 Å². The standard InChI is InChI=1S/C4H5BrO3/c5-3(6)1-2-4(7)8/h1-2H2,(H,7,8). The van der Waals surface area contributed by atoms with Gasteiger partial charge in [0.1, 0.15) is 0 Å². The monoisotopic (exact) mass is 180 g/mol. The van der Waals surface area contributed by atoms with Gasteiger partial charge in [0.2, 0.25) is 0 Å². The zero-order valence-corrected chi connectivity index (χ0v) is 5.64. The summed E-state index contributed by atoms with van der Waals surface area (Å²) in [6, 6.07) is 0. The maximum atomic E-state index is 10.0. The molecule has 0 atom stereocenters. The molecule has 46 valence electrons. The van der Waals surface area contributed by atoms with Crippen LogP contribution < -0.4 is 0 Å². The van der Waals surface area contributed by atoms with E-state index in [1.807, 2.05) is 0 Å². The Bertz CT molecular complexity index is 95.9. The number of halogens is 1. The van der Waals surface area contributed by atoms with Crippen molar-refractivity contribution in [1.82, 2.24) is 0 Å². The predicted octanol–water partition coefficient (Wildman–Crippen LogP) is 0.773. The molecule has 0 fully saturated rings. The molecule has 0 saturated heterocycles. The van der Waals surface area contributed by atoms with Crippen molar-refractivity contribution in [1.29, 1.82) is 0 Å². The summed E-state index contributed by atoms with van der Waals surface area (Å²) in [5.41, 5.74) is 0. The van der Waals surface area contributed by atoms with Crippen LogP contribution in [0.25, 0.3) is 0 Å². The fraction of sp³-hybridized carbons (Fsp3) is 0.500. The van der Waals surface area contributed by atoms with Gasteiger partial charge >= 0.3 is 5.97 Å². The van der Waals surface area contributed by atoms with Gasteiger partial charge < -0.3 is 5.11 Å². The number of hydrogen-bond acceptors (Lipinski definition) is 2. The van der Waals surface area contributed by atoms with Gasteiger partial charge in [-0.2, -0.15) is 0 Å². The number of carbonyl (C=O) groups excluding carboxylic acids is 1. The van der Waals surface area contributed by atoms with Gasteiger partial charge in [-0.3, -0.25) is 9.59 Å². The lowest BCUT2D eigenvalue weighted by Crippen LogP contribution is -1.96. The Balaban J connectivity index is 3.18. The minimum absolute atomic E-state index is 0.0648. The van der Waals surface area contributed by atoms with Crippen molar-refractivity contribution in [2.24, 2.45) is 0 Å². The quantitative estimate of drug-likeness (QED) is 0.654. The second kappa shape index (κ2) is 3.60. The number of carboxylic acids is 1. The van der Waals surface area contributed by atoms with Crippen molar-refractivity contribution in [3.8, 4) is 0 Å². The minimum Gasteiger partial charge on any atom is -0.481 e. The Morgan fingerprint density at radius 2 is 1.88 bits per heavy atom. The van der Waals surface area contributed by atoms with Gasteiger partial charge in [0, 0.05) is 6.42 Å². The summed E-state index contributed by atoms with van der Waals surface area (Å²) in [5, 5.41) is 7.99. The van der Waals surface area contributed by atoms with E-state index >= 15 is 0 Å². The van der Waals surface area contributed by atoms with Crippen LogP contribution in [0.2, 0.25) is 0 Å². The molecule has 0 unspecified atom stereocenters. The minimum atomic E-state index is -0.946. The second-order valence-electron chi connectivity index (χ2n) is 1.25. The summed E-state index contributed by atoms with van der Waals surface area (Å²) in [6.45, 7) is 0. The number of aliphatic carboxylic acids is 1. The summed E-state index contributed by atoms with van der Waals surface area (Å²) in [7, 11) is 0. The van der Waals surface area contributed by atoms with Gasteiger partial charge in [-0.1, -0.05) is 0 Å². The Labute approximate surface area is 54.8 Å². The molecule has 8 heavy (non-hydrogen) atoms. The smallest absolute Gasteiger partial charge is 0.303 e. The first kappa shape index (κ1) is 7.62. The van der Waals surface area contributed by atoms with E-state index in [2.05, 4.69) is 15.9 Å². The van der Waals surface area contributed by atoms with Crippen LogP contribution in [0.1, 0.15) is 12.8 Å². The number of carboxylic acid groups (broad SMARTS) is 1. The highest BCUT2D eigenvalue weighted by atomic mass is 79.9. The molecule has 3 nitrogen and oxygen atoms in total. The summed E-state index contributed by atoms with van der Waals surface area (Å²) in [6.07, 6.45) is -0.0284. The molecule has 0 aromatic heterocycles. The molecule has 0 heterocycles. The molecule has 0 aromatic carbocycles. The molecule has 0 amide bonds. The molecule has 4 heteroatoms. The van der Waals surface area contributed by atoms with Crippen LogP contribution in [0.3, 0.4) is 0 Å². The Hall–Kier alpha value is -0.380. The van der Waals surface area contributed by atoms with E-state index in [0.29, 0.717) is 0 Å². The highest BCUT2D eigenvalue weighted by molar-refractivity contribution is 9.18. The first-order valence-corrected chi connectivity index (χ1v) is 2.82. The SMILES string of the molecule is O=C(O)CCC(=O)Br. The molecule has 0 bridgehead atoms. The van der Waals surface area contributed by atoms with Gasteiger partial charge in [-0.25, -0.2) is 0 Å². The Morgan fingerprint density at radius 3 is 2.00 bits per heavy atom. The molecule has 0 aromatic rings. The van der Waals surface area contributed by atoms with Gasteiger partial charge in [0.05, 0.1) is 6.42 Å². The average Bonchev–Trinajstić information content (AvgIpc) is 1.61. The van der Waals surface area contributed by atoms with Crippen LogP contribution in [0.15, 0.2) is 0 Å². The summed E-state index contributed by atoms with van der Waals surface area (Å²) < 4.78 is -0.264. The van der Waals surface area contributed by atoms with E-state index in [-0.39, 0.29) is 17.5 Å². The fourth-order valence-corrected chi connectivity index (χ4v) is 0.403. The Kier molecular flexibility index (Phi) is 3.43. The molecule has 0 rings (SSSR count). The molecule has 0 aliphatic carbocycles. The summed E-state index contributed by atoms with van der Waals surface area (Å²) in [5.74, 6) is -0.946. The molecular formula is C4H5BrO3. The fourth-order valence-electron chi connectivity index (χ4n) is 0.205. The lowest BCUT2D eigenvalue weighted by molar-refractivity contribution is -0.137. The van der Waals surface area contributed by atoms with E-state index in [9.17, 15) is 9.59 Å². The van der Waals surface area contributed by atoms with Crippen molar-refractivity contribution in [3.63, 3.8) is 0 Å². The van der Waals surface area contributed by atoms with Gasteiger partial charge in [0.25, 0.3) is 0 Å². The van der Waals surface area contributed by atoms with Crippen molar-refractivity contribution < 1.29 is 14.7 Å². The largest absolute Gasteiger partial charge is 0.481 e. The zero-order valence-electron chi connectivity index (χ0n) is 4.06. The highest BCUT2D eigenvalue weighted by Crippen LogP contribution is 1.95. The van der Waals surface area contributed by atoms with E-state index in [1.165, 1.54) is 0 Å². The lowest BCUT2D eigenvalue weighted by Gasteiger charge is -1.84. The number of hydrogen-bond donors (Lipinski definition) is 1. The molecule has 0 spiro atoms. The van der Waals surface area contributed by atoms with Gasteiger partial charge in [-0.15, -0.1) is 0 Å². The third-order valence-electron chi connectivity index (χ3n) is 0.535. The topological polar surface area (TPSA) is 54.4 Å². The van der Waals surface area contributed by atoms with Crippen LogP contribution in [-0.4, -0.2) is 15.8 Å². The van der Waals surface area contributed by atoms with Gasteiger partial charge in [0.15, 0.2) is 4.69 Å². The summed E-state index contributed by atoms with van der Waals surface area (Å²) >= 11 is 2.60. The molecule has 0 aliphatic heterocycles. The molecular weight excluding hydrogens is 176 g/mol. The van der Waals surface area contributed by atoms with E-state index in [4.69, 9.17) is 5.11 Å². The van der Waals surface area contributed by atoms with Crippen molar-refractivity contribution >= 4 is 26.6 Å². The van der Waals surface area contributed by atoms with Crippen molar-refractivity contribution in [3.05, 3.63) is 0 Å². The van der Waals surface area contributed by atoms with E-state index in [1.54, 1.807) is 0 Å².